The maximum atomic E-state index is 15.0. The second-order valence-electron chi connectivity index (χ2n) is 6.94. The Morgan fingerprint density at radius 3 is 2.25 bits per heavy atom. The topological polar surface area (TPSA) is 90.6 Å². The summed E-state index contributed by atoms with van der Waals surface area (Å²) in [6.07, 6.45) is -5.92. The zero-order valence-corrected chi connectivity index (χ0v) is 18.0. The van der Waals surface area contributed by atoms with Crippen LogP contribution in [0.4, 0.5) is 22.0 Å². The second kappa shape index (κ2) is 9.86. The van der Waals surface area contributed by atoms with E-state index in [0.717, 1.165) is 7.11 Å². The number of hydrogen-bond donors (Lipinski definition) is 2. The Kier molecular flexibility index (Phi) is 7.89. The first-order valence-corrected chi connectivity index (χ1v) is 9.60. The molecule has 6 nitrogen and oxygen atoms in total. The van der Waals surface area contributed by atoms with Crippen molar-refractivity contribution in [3.8, 4) is 0 Å². The van der Waals surface area contributed by atoms with Crippen LogP contribution in [0, 0.1) is 5.82 Å². The Morgan fingerprint density at radius 2 is 1.78 bits per heavy atom. The Hall–Kier alpha value is -2.66. The predicted molar refractivity (Wildman–Crippen MR) is 105 cm³/mol. The van der Waals surface area contributed by atoms with E-state index in [9.17, 15) is 31.5 Å². The number of benzene rings is 1. The molecule has 12 heteroatoms. The highest BCUT2D eigenvalue weighted by Gasteiger charge is 2.47. The number of alkyl halides is 4. The molecule has 1 aliphatic rings. The van der Waals surface area contributed by atoms with Crippen LogP contribution >= 0.6 is 11.6 Å². The monoisotopic (exact) mass is 482 g/mol. The normalized spacial score (nSPS) is 16.9. The van der Waals surface area contributed by atoms with E-state index in [1.165, 1.54) is 13.8 Å². The molecule has 0 saturated carbocycles. The molecule has 0 radical (unpaired) electrons. The molecule has 1 unspecified atom stereocenters. The average molecular weight is 483 g/mol. The largest absolute Gasteiger partial charge is 0.466 e. The van der Waals surface area contributed by atoms with Crippen molar-refractivity contribution < 1.29 is 41.0 Å². The minimum Gasteiger partial charge on any atom is -0.466 e. The highest BCUT2D eigenvalue weighted by atomic mass is 35.5. The number of allylic oxidation sites excluding steroid dienone is 1. The lowest BCUT2D eigenvalue weighted by Gasteiger charge is -2.33. The fraction of sp³-hybridized carbons (Fsp3) is 0.400. The van der Waals surface area contributed by atoms with Gasteiger partial charge in [0.2, 0.25) is 0 Å². The Morgan fingerprint density at radius 1 is 1.19 bits per heavy atom. The zero-order chi connectivity index (χ0) is 24.4. The van der Waals surface area contributed by atoms with Gasteiger partial charge < -0.3 is 20.5 Å². The highest BCUT2D eigenvalue weighted by molar-refractivity contribution is 6.31. The number of nitrogens with one attached hydrogen (secondary N) is 1. The van der Waals surface area contributed by atoms with E-state index in [1.54, 1.807) is 0 Å². The SMILES string of the molecule is COC(=O)C1=C(CF)NC(CN)=C(C(=O)OC(C)C)C1c1c(F)ccc(Cl)c1C(F)(F)F. The van der Waals surface area contributed by atoms with E-state index in [1.807, 2.05) is 0 Å². The van der Waals surface area contributed by atoms with E-state index in [2.05, 4.69) is 10.1 Å². The number of halogens is 6. The third kappa shape index (κ3) is 4.88. The number of ether oxygens (including phenoxy) is 2. The molecular formula is C20H20ClF5N2O4. The van der Waals surface area contributed by atoms with Gasteiger partial charge in [-0.05, 0) is 26.0 Å². The number of methoxy groups -OCH3 is 1. The van der Waals surface area contributed by atoms with Gasteiger partial charge in [-0.15, -0.1) is 0 Å². The molecule has 0 saturated heterocycles. The lowest BCUT2D eigenvalue weighted by atomic mass is 9.77. The van der Waals surface area contributed by atoms with Crippen molar-refractivity contribution in [2.75, 3.05) is 20.3 Å². The van der Waals surface area contributed by atoms with Crippen molar-refractivity contribution in [1.82, 2.24) is 5.32 Å². The van der Waals surface area contributed by atoms with Crippen LogP contribution in [0.5, 0.6) is 0 Å². The molecule has 1 atom stereocenters. The van der Waals surface area contributed by atoms with Crippen LogP contribution in [-0.2, 0) is 25.2 Å². The number of dihydropyridines is 1. The lowest BCUT2D eigenvalue weighted by Crippen LogP contribution is -2.38. The number of esters is 2. The summed E-state index contributed by atoms with van der Waals surface area (Å²) in [6, 6.07) is 1.33. The molecule has 1 aliphatic heterocycles. The van der Waals surface area contributed by atoms with E-state index in [4.69, 9.17) is 22.1 Å². The molecule has 1 heterocycles. The van der Waals surface area contributed by atoms with Crippen molar-refractivity contribution in [2.45, 2.75) is 32.0 Å². The van der Waals surface area contributed by atoms with Gasteiger partial charge in [-0.1, -0.05) is 11.6 Å². The van der Waals surface area contributed by atoms with E-state index >= 15 is 0 Å². The highest BCUT2D eigenvalue weighted by Crippen LogP contribution is 2.47. The minimum absolute atomic E-state index is 0.242. The molecule has 0 fully saturated rings. The van der Waals surface area contributed by atoms with Crippen LogP contribution in [0.3, 0.4) is 0 Å². The lowest BCUT2D eigenvalue weighted by molar-refractivity contribution is -0.144. The smallest absolute Gasteiger partial charge is 0.418 e. The maximum Gasteiger partial charge on any atom is 0.418 e. The number of nitrogens with two attached hydrogens (primary N) is 1. The molecule has 0 bridgehead atoms. The third-order valence-corrected chi connectivity index (χ3v) is 4.86. The number of carbonyl (C=O) groups excluding carboxylic acids is 2. The molecule has 0 aromatic heterocycles. The first-order valence-electron chi connectivity index (χ1n) is 9.22. The number of rotatable bonds is 6. The molecule has 2 rings (SSSR count). The summed E-state index contributed by atoms with van der Waals surface area (Å²) in [4.78, 5) is 25.4. The average Bonchev–Trinajstić information content (AvgIpc) is 2.71. The molecule has 32 heavy (non-hydrogen) atoms. The van der Waals surface area contributed by atoms with Crippen molar-refractivity contribution in [3.63, 3.8) is 0 Å². The van der Waals surface area contributed by atoms with Gasteiger partial charge in [0.15, 0.2) is 0 Å². The standard InChI is InChI=1S/C20H20ClF5N2O4/c1-8(2)32-19(30)15-12(7-27)28-11(6-22)14(18(29)31-3)16(15)13-10(23)5-4-9(21)17(13)20(24,25)26/h4-5,8,16,28H,6-7,27H2,1-3H3. The Labute approximate surface area is 185 Å². The van der Waals surface area contributed by atoms with Gasteiger partial charge in [-0.25, -0.2) is 18.4 Å². The van der Waals surface area contributed by atoms with Crippen LogP contribution in [0.1, 0.15) is 30.9 Å². The first kappa shape index (κ1) is 25.6. The second-order valence-corrected chi connectivity index (χ2v) is 7.35. The maximum absolute atomic E-state index is 15.0. The third-order valence-electron chi connectivity index (χ3n) is 4.55. The minimum atomic E-state index is -5.19. The van der Waals surface area contributed by atoms with Gasteiger partial charge in [0, 0.05) is 17.8 Å². The van der Waals surface area contributed by atoms with Crippen LogP contribution in [-0.4, -0.2) is 38.4 Å². The summed E-state index contributed by atoms with van der Waals surface area (Å²) >= 11 is 5.75. The summed E-state index contributed by atoms with van der Waals surface area (Å²) in [6.45, 7) is 1.08. The van der Waals surface area contributed by atoms with Crippen molar-refractivity contribution in [3.05, 3.63) is 56.6 Å². The molecule has 1 aromatic rings. The van der Waals surface area contributed by atoms with Crippen molar-refractivity contribution >= 4 is 23.5 Å². The Balaban J connectivity index is 3.03. The van der Waals surface area contributed by atoms with Gasteiger partial charge >= 0.3 is 18.1 Å². The fourth-order valence-corrected chi connectivity index (χ4v) is 3.64. The van der Waals surface area contributed by atoms with Crippen LogP contribution in [0.2, 0.25) is 5.02 Å². The Bertz CT molecular complexity index is 989. The fourth-order valence-electron chi connectivity index (χ4n) is 3.37. The number of carbonyl (C=O) groups is 2. The predicted octanol–water partition coefficient (Wildman–Crippen LogP) is 3.75. The summed E-state index contributed by atoms with van der Waals surface area (Å²) in [7, 11) is 0.898. The van der Waals surface area contributed by atoms with Gasteiger partial charge in [0.25, 0.3) is 0 Å². The summed E-state index contributed by atoms with van der Waals surface area (Å²) in [5.41, 5.74) is 0.746. The van der Waals surface area contributed by atoms with Gasteiger partial charge in [0.05, 0.1) is 46.6 Å². The van der Waals surface area contributed by atoms with E-state index < -0.39 is 82.2 Å². The molecule has 3 N–H and O–H groups in total. The van der Waals surface area contributed by atoms with Crippen molar-refractivity contribution in [1.29, 1.82) is 0 Å². The summed E-state index contributed by atoms with van der Waals surface area (Å²) in [5, 5.41) is 1.55. The van der Waals surface area contributed by atoms with Crippen LogP contribution in [0.25, 0.3) is 0 Å². The summed E-state index contributed by atoms with van der Waals surface area (Å²) in [5.74, 6) is -5.95. The molecule has 176 valence electrons. The van der Waals surface area contributed by atoms with E-state index in [0.29, 0.717) is 12.1 Å². The van der Waals surface area contributed by atoms with Gasteiger partial charge in [0.1, 0.15) is 12.5 Å². The molecule has 0 aliphatic carbocycles. The molecule has 0 spiro atoms. The van der Waals surface area contributed by atoms with Crippen LogP contribution < -0.4 is 11.1 Å². The molecule has 1 aromatic carbocycles. The quantitative estimate of drug-likeness (QED) is 0.474. The van der Waals surface area contributed by atoms with Gasteiger partial charge in [-0.2, -0.15) is 13.2 Å². The molecular weight excluding hydrogens is 463 g/mol. The van der Waals surface area contributed by atoms with Crippen LogP contribution in [0.15, 0.2) is 34.7 Å². The van der Waals surface area contributed by atoms with E-state index in [-0.39, 0.29) is 5.70 Å². The summed E-state index contributed by atoms with van der Waals surface area (Å²) < 4.78 is 80.3. The van der Waals surface area contributed by atoms with Crippen molar-refractivity contribution in [2.24, 2.45) is 5.73 Å². The first-order chi connectivity index (χ1) is 14.9. The zero-order valence-electron chi connectivity index (χ0n) is 17.2. The number of hydrogen-bond acceptors (Lipinski definition) is 6. The molecule has 0 amide bonds. The van der Waals surface area contributed by atoms with Gasteiger partial charge in [-0.3, -0.25) is 0 Å².